The van der Waals surface area contributed by atoms with Crippen LogP contribution in [0.25, 0.3) is 0 Å². The quantitative estimate of drug-likeness (QED) is 0.854. The number of aryl methyl sites for hydroxylation is 1. The Morgan fingerprint density at radius 2 is 2.18 bits per heavy atom. The van der Waals surface area contributed by atoms with Gasteiger partial charge in [-0.3, -0.25) is 9.78 Å². The van der Waals surface area contributed by atoms with Gasteiger partial charge in [-0.05, 0) is 49.7 Å². The summed E-state index contributed by atoms with van der Waals surface area (Å²) >= 11 is 0. The Morgan fingerprint density at radius 3 is 2.76 bits per heavy atom. The average Bonchev–Trinajstić information content (AvgIpc) is 2.29. The van der Waals surface area contributed by atoms with Crippen molar-refractivity contribution in [2.24, 2.45) is 11.8 Å². The summed E-state index contributed by atoms with van der Waals surface area (Å²) in [6.07, 6.45) is 4.61. The first-order chi connectivity index (χ1) is 8.08. The number of hydrogen-bond donors (Lipinski definition) is 1. The molecule has 0 amide bonds. The van der Waals surface area contributed by atoms with Gasteiger partial charge in [-0.1, -0.05) is 13.0 Å². The molecular weight excluding hydrogens is 214 g/mol. The molecule has 92 valence electrons. The Labute approximate surface area is 102 Å². The monoisotopic (exact) mass is 233 g/mol. The first kappa shape index (κ1) is 12.1. The van der Waals surface area contributed by atoms with Crippen LogP contribution in [-0.2, 0) is 4.79 Å². The summed E-state index contributed by atoms with van der Waals surface area (Å²) in [7, 11) is 0. The van der Waals surface area contributed by atoms with E-state index in [2.05, 4.69) is 11.9 Å². The van der Waals surface area contributed by atoms with Gasteiger partial charge < -0.3 is 5.11 Å². The maximum atomic E-state index is 11.3. The number of nitrogens with zero attached hydrogens (tertiary/aromatic N) is 1. The van der Waals surface area contributed by atoms with E-state index in [9.17, 15) is 9.90 Å². The smallest absolute Gasteiger partial charge is 0.307 e. The van der Waals surface area contributed by atoms with Crippen LogP contribution in [0.4, 0.5) is 0 Å². The van der Waals surface area contributed by atoms with Crippen LogP contribution in [0, 0.1) is 18.8 Å². The molecule has 0 radical (unpaired) electrons. The SMILES string of the molecule is Cc1ccc(C2CC(C)CCC2C(=O)O)cn1. The number of rotatable bonds is 2. The van der Waals surface area contributed by atoms with Gasteiger partial charge in [0.15, 0.2) is 0 Å². The predicted molar refractivity (Wildman–Crippen MR) is 65.9 cm³/mol. The van der Waals surface area contributed by atoms with Gasteiger partial charge in [-0.2, -0.15) is 0 Å². The zero-order chi connectivity index (χ0) is 12.4. The summed E-state index contributed by atoms with van der Waals surface area (Å²) in [5.74, 6) is -0.167. The highest BCUT2D eigenvalue weighted by Crippen LogP contribution is 2.40. The number of carbonyl (C=O) groups is 1. The Balaban J connectivity index is 2.25. The van der Waals surface area contributed by atoms with Crippen LogP contribution in [0.3, 0.4) is 0 Å². The molecule has 0 saturated heterocycles. The van der Waals surface area contributed by atoms with Crippen molar-refractivity contribution in [3.8, 4) is 0 Å². The summed E-state index contributed by atoms with van der Waals surface area (Å²) in [6.45, 7) is 4.15. The second-order valence-corrected chi connectivity index (χ2v) is 5.20. The van der Waals surface area contributed by atoms with Gasteiger partial charge >= 0.3 is 5.97 Å². The topological polar surface area (TPSA) is 50.2 Å². The van der Waals surface area contributed by atoms with Crippen LogP contribution in [0.5, 0.6) is 0 Å². The van der Waals surface area contributed by atoms with Gasteiger partial charge in [-0.25, -0.2) is 0 Å². The van der Waals surface area contributed by atoms with Crippen LogP contribution in [0.1, 0.15) is 43.4 Å². The second-order valence-electron chi connectivity index (χ2n) is 5.20. The average molecular weight is 233 g/mol. The van der Waals surface area contributed by atoms with Crippen molar-refractivity contribution in [2.75, 3.05) is 0 Å². The van der Waals surface area contributed by atoms with E-state index in [0.717, 1.165) is 30.5 Å². The van der Waals surface area contributed by atoms with Crippen molar-refractivity contribution in [3.63, 3.8) is 0 Å². The maximum absolute atomic E-state index is 11.3. The molecule has 1 aliphatic carbocycles. The van der Waals surface area contributed by atoms with E-state index in [1.165, 1.54) is 0 Å². The zero-order valence-corrected chi connectivity index (χ0v) is 10.4. The number of carboxylic acids is 1. The molecule has 2 rings (SSSR count). The molecule has 0 aliphatic heterocycles. The van der Waals surface area contributed by atoms with Crippen molar-refractivity contribution in [1.82, 2.24) is 4.98 Å². The van der Waals surface area contributed by atoms with E-state index in [1.807, 2.05) is 25.3 Å². The molecule has 1 heterocycles. The zero-order valence-electron chi connectivity index (χ0n) is 10.4. The number of hydrogen-bond acceptors (Lipinski definition) is 2. The normalized spacial score (nSPS) is 28.9. The van der Waals surface area contributed by atoms with Gasteiger partial charge in [0, 0.05) is 11.9 Å². The standard InChI is InChI=1S/C14H19NO2/c1-9-3-6-12(14(16)17)13(7-9)11-5-4-10(2)15-8-11/h4-5,8-9,12-13H,3,6-7H2,1-2H3,(H,16,17). The van der Waals surface area contributed by atoms with Crippen molar-refractivity contribution in [1.29, 1.82) is 0 Å². The minimum atomic E-state index is -0.664. The highest BCUT2D eigenvalue weighted by molar-refractivity contribution is 5.71. The molecule has 1 aromatic heterocycles. The number of aliphatic carboxylic acids is 1. The summed E-state index contributed by atoms with van der Waals surface area (Å²) in [5.41, 5.74) is 2.05. The Kier molecular flexibility index (Phi) is 3.46. The molecular formula is C14H19NO2. The fourth-order valence-corrected chi connectivity index (χ4v) is 2.74. The molecule has 1 N–H and O–H groups in total. The van der Waals surface area contributed by atoms with E-state index >= 15 is 0 Å². The number of aromatic nitrogens is 1. The fourth-order valence-electron chi connectivity index (χ4n) is 2.74. The first-order valence-electron chi connectivity index (χ1n) is 6.23. The highest BCUT2D eigenvalue weighted by atomic mass is 16.4. The summed E-state index contributed by atoms with van der Waals surface area (Å²) in [6, 6.07) is 3.99. The van der Waals surface area contributed by atoms with E-state index in [1.54, 1.807) is 0 Å². The van der Waals surface area contributed by atoms with Crippen LogP contribution >= 0.6 is 0 Å². The lowest BCUT2D eigenvalue weighted by Gasteiger charge is -2.32. The molecule has 17 heavy (non-hydrogen) atoms. The van der Waals surface area contributed by atoms with Crippen molar-refractivity contribution in [2.45, 2.75) is 39.0 Å². The molecule has 1 fully saturated rings. The molecule has 0 aromatic carbocycles. The predicted octanol–water partition coefficient (Wildman–Crippen LogP) is 2.99. The van der Waals surface area contributed by atoms with Gasteiger partial charge in [0.1, 0.15) is 0 Å². The minimum Gasteiger partial charge on any atom is -0.481 e. The molecule has 1 aromatic rings. The van der Waals surface area contributed by atoms with Crippen molar-refractivity contribution in [3.05, 3.63) is 29.6 Å². The summed E-state index contributed by atoms with van der Waals surface area (Å²) in [4.78, 5) is 15.6. The number of carboxylic acid groups (broad SMARTS) is 1. The highest BCUT2D eigenvalue weighted by Gasteiger charge is 2.34. The Bertz CT molecular complexity index is 399. The van der Waals surface area contributed by atoms with E-state index in [4.69, 9.17) is 0 Å². The van der Waals surface area contributed by atoms with Gasteiger partial charge in [0.2, 0.25) is 0 Å². The van der Waals surface area contributed by atoms with Gasteiger partial charge in [0.25, 0.3) is 0 Å². The lowest BCUT2D eigenvalue weighted by molar-refractivity contribution is -0.143. The Hall–Kier alpha value is -1.38. The molecule has 0 bridgehead atoms. The van der Waals surface area contributed by atoms with Gasteiger partial charge in [0.05, 0.1) is 5.92 Å². The molecule has 1 saturated carbocycles. The number of pyridine rings is 1. The van der Waals surface area contributed by atoms with Crippen LogP contribution in [-0.4, -0.2) is 16.1 Å². The van der Waals surface area contributed by atoms with Crippen LogP contribution in [0.15, 0.2) is 18.3 Å². The van der Waals surface area contributed by atoms with Crippen LogP contribution in [0.2, 0.25) is 0 Å². The third-order valence-corrected chi connectivity index (χ3v) is 3.79. The molecule has 3 atom stereocenters. The molecule has 3 heteroatoms. The Morgan fingerprint density at radius 1 is 1.41 bits per heavy atom. The van der Waals surface area contributed by atoms with E-state index in [-0.39, 0.29) is 11.8 Å². The maximum Gasteiger partial charge on any atom is 0.307 e. The van der Waals surface area contributed by atoms with Crippen molar-refractivity contribution >= 4 is 5.97 Å². The van der Waals surface area contributed by atoms with Crippen molar-refractivity contribution < 1.29 is 9.90 Å². The third-order valence-electron chi connectivity index (χ3n) is 3.79. The molecule has 3 unspecified atom stereocenters. The lowest BCUT2D eigenvalue weighted by atomic mass is 9.72. The largest absolute Gasteiger partial charge is 0.481 e. The molecule has 3 nitrogen and oxygen atoms in total. The van der Waals surface area contributed by atoms with E-state index in [0.29, 0.717) is 5.92 Å². The third kappa shape index (κ3) is 2.65. The summed E-state index contributed by atoms with van der Waals surface area (Å²) < 4.78 is 0. The summed E-state index contributed by atoms with van der Waals surface area (Å²) in [5, 5.41) is 9.29. The minimum absolute atomic E-state index is 0.129. The first-order valence-corrected chi connectivity index (χ1v) is 6.23. The molecule has 0 spiro atoms. The second kappa shape index (κ2) is 4.86. The van der Waals surface area contributed by atoms with E-state index < -0.39 is 5.97 Å². The molecule has 1 aliphatic rings. The van der Waals surface area contributed by atoms with Gasteiger partial charge in [-0.15, -0.1) is 0 Å². The van der Waals surface area contributed by atoms with Crippen LogP contribution < -0.4 is 0 Å². The lowest BCUT2D eigenvalue weighted by Crippen LogP contribution is -2.28. The fraction of sp³-hybridized carbons (Fsp3) is 0.571.